The van der Waals surface area contributed by atoms with Crippen molar-refractivity contribution in [2.45, 2.75) is 70.6 Å². The lowest BCUT2D eigenvalue weighted by Crippen LogP contribution is -2.78. The number of rotatable bonds is 4. The number of hydrogen-bond acceptors (Lipinski definition) is 4. The molecule has 5 heterocycles. The van der Waals surface area contributed by atoms with Crippen LogP contribution >= 0.6 is 0 Å². The van der Waals surface area contributed by atoms with Crippen molar-refractivity contribution in [1.82, 2.24) is 29.1 Å². The molecule has 2 unspecified atom stereocenters. The second-order valence-electron chi connectivity index (χ2n) is 11.9. The van der Waals surface area contributed by atoms with Crippen LogP contribution in [0.15, 0.2) is 42.7 Å². The molecule has 8 nitrogen and oxygen atoms in total. The van der Waals surface area contributed by atoms with Gasteiger partial charge in [-0.2, -0.15) is 0 Å². The molecule has 0 saturated carbocycles. The minimum atomic E-state index is -0.951. The monoisotopic (exact) mass is 489 g/mol. The number of carboxylic acid groups (broad SMARTS) is 1. The van der Waals surface area contributed by atoms with Crippen molar-refractivity contribution in [2.75, 3.05) is 19.6 Å². The van der Waals surface area contributed by atoms with Gasteiger partial charge in [-0.25, -0.2) is 9.78 Å². The number of nitrogens with zero attached hydrogens (tertiary/aromatic N) is 5. The summed E-state index contributed by atoms with van der Waals surface area (Å²) in [4.78, 5) is 23.7. The van der Waals surface area contributed by atoms with Crippen molar-refractivity contribution in [3.8, 4) is 0 Å². The molecule has 2 fully saturated rings. The van der Waals surface area contributed by atoms with Crippen LogP contribution in [0.1, 0.15) is 63.0 Å². The van der Waals surface area contributed by atoms with Crippen LogP contribution in [0.25, 0.3) is 5.65 Å². The number of likely N-dealkylation sites (tertiary alicyclic amines) is 2. The molecule has 0 radical (unpaired) electrons. The number of fused-ring (bicyclic) bond motifs is 4. The standard InChI is InChI=1S/C28H36N6O2/c1-28(2,3)34(17-22(18-34)31-27(35)36)24-10-4-9-23-30-21(16-33(23)24)15-32-14-6-8-20-12-11-19-7-5-13-29-25(19)26(20)32/h4-5,7,9-10,13,16,20,22,26,31H,6,8,11-12,14-15,17-18H2,1-3H3/p+1. The topological polar surface area (TPSA) is 82.8 Å². The van der Waals surface area contributed by atoms with Gasteiger partial charge in [-0.05, 0) is 76.6 Å². The fourth-order valence-electron chi connectivity index (χ4n) is 7.02. The molecule has 190 valence electrons. The molecule has 3 aromatic heterocycles. The Morgan fingerprint density at radius 1 is 1.19 bits per heavy atom. The summed E-state index contributed by atoms with van der Waals surface area (Å²) >= 11 is 0. The summed E-state index contributed by atoms with van der Waals surface area (Å²) in [6.07, 6.45) is 8.09. The highest BCUT2D eigenvalue weighted by atomic mass is 16.4. The van der Waals surface area contributed by atoms with E-state index in [2.05, 4.69) is 71.9 Å². The van der Waals surface area contributed by atoms with E-state index < -0.39 is 6.09 Å². The Hall–Kier alpha value is -2.97. The van der Waals surface area contributed by atoms with Crippen LogP contribution in [-0.4, -0.2) is 61.7 Å². The van der Waals surface area contributed by atoms with Gasteiger partial charge in [0.2, 0.25) is 5.82 Å². The number of piperidine rings is 1. The maximum atomic E-state index is 11.2. The van der Waals surface area contributed by atoms with Crippen molar-refractivity contribution in [1.29, 1.82) is 0 Å². The number of carbonyl (C=O) groups is 1. The van der Waals surface area contributed by atoms with Crippen LogP contribution in [0.3, 0.4) is 0 Å². The second-order valence-corrected chi connectivity index (χ2v) is 11.9. The molecule has 2 aliphatic heterocycles. The highest BCUT2D eigenvalue weighted by Gasteiger charge is 2.55. The molecule has 2 atom stereocenters. The zero-order valence-electron chi connectivity index (χ0n) is 21.5. The molecule has 0 bridgehead atoms. The van der Waals surface area contributed by atoms with Gasteiger partial charge in [0.25, 0.3) is 0 Å². The van der Waals surface area contributed by atoms with Crippen LogP contribution in [0.4, 0.5) is 10.6 Å². The van der Waals surface area contributed by atoms with Gasteiger partial charge in [0.1, 0.15) is 24.8 Å². The van der Waals surface area contributed by atoms with Gasteiger partial charge in [0, 0.05) is 25.0 Å². The Labute approximate surface area is 212 Å². The van der Waals surface area contributed by atoms with Crippen molar-refractivity contribution in [3.63, 3.8) is 0 Å². The van der Waals surface area contributed by atoms with Crippen LogP contribution in [0.5, 0.6) is 0 Å². The number of hydrogen-bond donors (Lipinski definition) is 2. The minimum Gasteiger partial charge on any atom is -0.465 e. The SMILES string of the molecule is CC(C)(C)[N+]1(c2cccc3nc(CN4CCCC5CCc6cccnc6C54)cn23)CC(NC(=O)O)C1. The van der Waals surface area contributed by atoms with E-state index in [-0.39, 0.29) is 11.6 Å². The molecule has 2 N–H and O–H groups in total. The zero-order chi connectivity index (χ0) is 25.1. The van der Waals surface area contributed by atoms with E-state index in [9.17, 15) is 9.90 Å². The van der Waals surface area contributed by atoms with Crippen LogP contribution in [0.2, 0.25) is 0 Å². The third-order valence-electron chi connectivity index (χ3n) is 8.85. The Bertz CT molecular complexity index is 1290. The lowest BCUT2D eigenvalue weighted by atomic mass is 9.77. The Morgan fingerprint density at radius 2 is 2.03 bits per heavy atom. The molecule has 3 aliphatic rings. The van der Waals surface area contributed by atoms with Crippen molar-refractivity contribution >= 4 is 17.6 Å². The number of nitrogens with one attached hydrogen (secondary N) is 1. The summed E-state index contributed by atoms with van der Waals surface area (Å²) < 4.78 is 2.96. The lowest BCUT2D eigenvalue weighted by molar-refractivity contribution is 0.0373. The van der Waals surface area contributed by atoms with Gasteiger partial charge >= 0.3 is 6.09 Å². The number of quaternary nitrogens is 1. The van der Waals surface area contributed by atoms with Crippen molar-refractivity contribution in [2.24, 2.45) is 5.92 Å². The zero-order valence-corrected chi connectivity index (χ0v) is 21.5. The van der Waals surface area contributed by atoms with E-state index in [0.29, 0.717) is 12.0 Å². The molecule has 6 rings (SSSR count). The highest BCUT2D eigenvalue weighted by Crippen LogP contribution is 2.44. The number of aryl methyl sites for hydroxylation is 1. The Kier molecular flexibility index (Phi) is 5.57. The van der Waals surface area contributed by atoms with E-state index >= 15 is 0 Å². The van der Waals surface area contributed by atoms with E-state index in [1.165, 1.54) is 36.3 Å². The molecule has 1 aliphatic carbocycles. The largest absolute Gasteiger partial charge is 0.465 e. The Balaban J connectivity index is 1.32. The van der Waals surface area contributed by atoms with Gasteiger partial charge in [-0.3, -0.25) is 18.8 Å². The third-order valence-corrected chi connectivity index (χ3v) is 8.85. The van der Waals surface area contributed by atoms with Gasteiger partial charge in [0.05, 0.1) is 23.0 Å². The fourth-order valence-corrected chi connectivity index (χ4v) is 7.02. The van der Waals surface area contributed by atoms with E-state index in [1.807, 2.05) is 6.20 Å². The molecule has 3 aromatic rings. The molecular weight excluding hydrogens is 452 g/mol. The lowest BCUT2D eigenvalue weighted by Gasteiger charge is -2.56. The normalized spacial score (nSPS) is 28.2. The summed E-state index contributed by atoms with van der Waals surface area (Å²) in [5.41, 5.74) is 4.63. The molecule has 8 heteroatoms. The van der Waals surface area contributed by atoms with E-state index in [0.717, 1.165) is 48.4 Å². The first-order valence-corrected chi connectivity index (χ1v) is 13.3. The summed E-state index contributed by atoms with van der Waals surface area (Å²) in [6, 6.07) is 11.0. The summed E-state index contributed by atoms with van der Waals surface area (Å²) in [5, 5.41) is 11.9. The predicted octanol–water partition coefficient (Wildman–Crippen LogP) is 4.38. The first-order valence-electron chi connectivity index (χ1n) is 13.3. The minimum absolute atomic E-state index is 0.0378. The molecule has 36 heavy (non-hydrogen) atoms. The first kappa shape index (κ1) is 23.4. The quantitative estimate of drug-likeness (QED) is 0.532. The van der Waals surface area contributed by atoms with Crippen LogP contribution < -0.4 is 9.80 Å². The maximum Gasteiger partial charge on any atom is 0.405 e. The maximum absolute atomic E-state index is 11.2. The number of imidazole rings is 1. The summed E-state index contributed by atoms with van der Waals surface area (Å²) in [6.45, 7) is 10.1. The van der Waals surface area contributed by atoms with Crippen LogP contribution in [-0.2, 0) is 13.0 Å². The summed E-state index contributed by atoms with van der Waals surface area (Å²) in [5.74, 6) is 1.84. The Morgan fingerprint density at radius 3 is 2.81 bits per heavy atom. The molecule has 0 spiro atoms. The predicted molar refractivity (Wildman–Crippen MR) is 140 cm³/mol. The van der Waals surface area contributed by atoms with E-state index in [1.54, 1.807) is 0 Å². The molecule has 0 aromatic carbocycles. The van der Waals surface area contributed by atoms with Gasteiger partial charge in [-0.15, -0.1) is 0 Å². The van der Waals surface area contributed by atoms with Gasteiger partial charge < -0.3 is 10.4 Å². The smallest absolute Gasteiger partial charge is 0.405 e. The van der Waals surface area contributed by atoms with Gasteiger partial charge in [0.15, 0.2) is 0 Å². The molecule has 2 saturated heterocycles. The number of amides is 1. The second kappa shape index (κ2) is 8.56. The third kappa shape index (κ3) is 3.78. The summed E-state index contributed by atoms with van der Waals surface area (Å²) in [7, 11) is 0. The van der Waals surface area contributed by atoms with E-state index in [4.69, 9.17) is 9.97 Å². The number of aromatic nitrogens is 3. The van der Waals surface area contributed by atoms with Crippen molar-refractivity contribution in [3.05, 3.63) is 59.7 Å². The molecular formula is C28H37N6O2+. The first-order chi connectivity index (χ1) is 17.2. The fraction of sp³-hybridized carbons (Fsp3) is 0.536. The average molecular weight is 490 g/mol. The van der Waals surface area contributed by atoms with Crippen LogP contribution in [0, 0.1) is 5.92 Å². The number of pyridine rings is 2. The van der Waals surface area contributed by atoms with Crippen molar-refractivity contribution < 1.29 is 9.90 Å². The highest BCUT2D eigenvalue weighted by molar-refractivity contribution is 5.65. The molecule has 1 amide bonds. The average Bonchev–Trinajstić information content (AvgIpc) is 3.23. The van der Waals surface area contributed by atoms with Gasteiger partial charge in [-0.1, -0.05) is 12.1 Å².